The van der Waals surface area contributed by atoms with Crippen LogP contribution in [0, 0.1) is 17.8 Å². The maximum atomic E-state index is 13.9. The van der Waals surface area contributed by atoms with Crippen molar-refractivity contribution in [2.24, 2.45) is 17.8 Å². The van der Waals surface area contributed by atoms with Crippen LogP contribution in [0.1, 0.15) is 29.9 Å². The zero-order valence-electron chi connectivity index (χ0n) is 21.1. The molecule has 6 rings (SSSR count). The molecule has 40 heavy (non-hydrogen) atoms. The van der Waals surface area contributed by atoms with E-state index in [0.29, 0.717) is 17.6 Å². The number of allylic oxidation sites excluding steroid dienone is 2. The minimum Gasteiger partial charge on any atom is -0.508 e. The molecule has 2 saturated heterocycles. The molecule has 2 aliphatic carbocycles. The van der Waals surface area contributed by atoms with Gasteiger partial charge >= 0.3 is 0 Å². The van der Waals surface area contributed by atoms with Crippen molar-refractivity contribution in [3.8, 4) is 11.5 Å². The van der Waals surface area contributed by atoms with E-state index in [2.05, 4.69) is 15.9 Å². The summed E-state index contributed by atoms with van der Waals surface area (Å²) in [4.78, 5) is 53.1. The normalized spacial score (nSPS) is 33.1. The summed E-state index contributed by atoms with van der Waals surface area (Å²) < 4.78 is 0. The molecule has 0 aromatic heterocycles. The third-order valence-electron chi connectivity index (χ3n) is 8.91. The molecule has 2 aromatic rings. The Hall–Kier alpha value is -2.88. The number of phenolic OH excluding ortho intramolecular Hbond substituents is 2. The second-order valence-electron chi connectivity index (χ2n) is 10.8. The number of amides is 4. The number of rotatable bonds is 5. The molecule has 3 fully saturated rings. The highest BCUT2D eigenvalue weighted by Crippen LogP contribution is 2.66. The number of imide groups is 2. The quantitative estimate of drug-likeness (QED) is 0.219. The molecule has 2 aromatic carbocycles. The van der Waals surface area contributed by atoms with Gasteiger partial charge in [0.2, 0.25) is 11.8 Å². The Morgan fingerprint density at radius 3 is 2.27 bits per heavy atom. The van der Waals surface area contributed by atoms with Crippen LogP contribution >= 0.6 is 39.1 Å². The Kier molecular flexibility index (Phi) is 6.55. The van der Waals surface area contributed by atoms with Gasteiger partial charge in [0.05, 0.1) is 17.3 Å². The molecule has 8 nitrogen and oxygen atoms in total. The van der Waals surface area contributed by atoms with Crippen molar-refractivity contribution in [2.45, 2.75) is 34.9 Å². The topological polar surface area (TPSA) is 115 Å². The first kappa shape index (κ1) is 27.3. The van der Waals surface area contributed by atoms with Crippen LogP contribution in [0.25, 0.3) is 0 Å². The summed E-state index contributed by atoms with van der Waals surface area (Å²) in [5.74, 6) is -5.02. The van der Waals surface area contributed by atoms with E-state index < -0.39 is 45.2 Å². The minimum atomic E-state index is -1.95. The third-order valence-corrected chi connectivity index (χ3v) is 10.8. The Balaban J connectivity index is 1.41. The predicted molar refractivity (Wildman–Crippen MR) is 150 cm³/mol. The largest absolute Gasteiger partial charge is 0.508 e. The number of halogens is 3. The SMILES string of the molecule is O=C1C2CC=C3C(CC4(Cl)C(=O)N(CBr)C(=O)C4(Cl)C3c3ccccc3O)C2C(=O)N1CCc1ccc(O)cc1. The van der Waals surface area contributed by atoms with Crippen molar-refractivity contribution in [3.63, 3.8) is 0 Å². The summed E-state index contributed by atoms with van der Waals surface area (Å²) in [5, 5.41) is 20.4. The van der Waals surface area contributed by atoms with Crippen LogP contribution in [-0.2, 0) is 25.6 Å². The number of benzene rings is 2. The predicted octanol–water partition coefficient (Wildman–Crippen LogP) is 4.05. The summed E-state index contributed by atoms with van der Waals surface area (Å²) >= 11 is 17.5. The van der Waals surface area contributed by atoms with Crippen LogP contribution in [-0.4, -0.2) is 65.4 Å². The lowest BCUT2D eigenvalue weighted by Crippen LogP contribution is -2.60. The van der Waals surface area contributed by atoms with Crippen molar-refractivity contribution in [3.05, 3.63) is 71.3 Å². The number of hydrogen-bond donors (Lipinski definition) is 2. The first-order chi connectivity index (χ1) is 19.0. The molecule has 6 unspecified atom stereocenters. The number of carbonyl (C=O) groups is 4. The molecule has 4 amide bonds. The molecular formula is C29H25BrCl2N2O6. The van der Waals surface area contributed by atoms with Crippen LogP contribution in [0.5, 0.6) is 11.5 Å². The maximum Gasteiger partial charge on any atom is 0.254 e. The lowest BCUT2D eigenvalue weighted by Gasteiger charge is -2.50. The van der Waals surface area contributed by atoms with E-state index in [1.165, 1.54) is 11.0 Å². The molecule has 0 radical (unpaired) electrons. The Morgan fingerprint density at radius 1 is 0.900 bits per heavy atom. The van der Waals surface area contributed by atoms with Gasteiger partial charge in [-0.15, -0.1) is 23.2 Å². The molecular weight excluding hydrogens is 623 g/mol. The number of alkyl halides is 3. The Morgan fingerprint density at radius 2 is 1.60 bits per heavy atom. The molecule has 2 aliphatic heterocycles. The number of fused-ring (bicyclic) bond motifs is 4. The van der Waals surface area contributed by atoms with E-state index in [-0.39, 0.29) is 48.2 Å². The molecule has 0 spiro atoms. The summed E-state index contributed by atoms with van der Waals surface area (Å²) in [6, 6.07) is 13.0. The number of aromatic hydroxyl groups is 2. The first-order valence-corrected chi connectivity index (χ1v) is 14.8. The fraction of sp³-hybridized carbons (Fsp3) is 0.379. The van der Waals surface area contributed by atoms with Crippen LogP contribution in [0.4, 0.5) is 0 Å². The zero-order valence-corrected chi connectivity index (χ0v) is 24.2. The molecule has 6 atom stereocenters. The summed E-state index contributed by atoms with van der Waals surface area (Å²) in [6.07, 6.45) is 2.41. The number of carbonyl (C=O) groups excluding carboxylic acids is 4. The van der Waals surface area contributed by atoms with E-state index >= 15 is 0 Å². The van der Waals surface area contributed by atoms with E-state index in [0.717, 1.165) is 10.5 Å². The van der Waals surface area contributed by atoms with Gasteiger partial charge in [-0.3, -0.25) is 29.0 Å². The highest BCUT2D eigenvalue weighted by molar-refractivity contribution is 9.09. The second-order valence-corrected chi connectivity index (χ2v) is 12.5. The molecule has 0 bridgehead atoms. The zero-order chi connectivity index (χ0) is 28.6. The Bertz CT molecular complexity index is 1480. The maximum absolute atomic E-state index is 13.9. The van der Waals surface area contributed by atoms with Gasteiger partial charge in [0.15, 0.2) is 9.75 Å². The average molecular weight is 648 g/mol. The summed E-state index contributed by atoms with van der Waals surface area (Å²) in [5.41, 5.74) is 1.71. The molecule has 2 N–H and O–H groups in total. The van der Waals surface area contributed by atoms with E-state index in [4.69, 9.17) is 23.2 Å². The fourth-order valence-corrected chi connectivity index (χ4v) is 8.44. The lowest BCUT2D eigenvalue weighted by molar-refractivity contribution is -0.141. The smallest absolute Gasteiger partial charge is 0.254 e. The first-order valence-electron chi connectivity index (χ1n) is 13.0. The van der Waals surface area contributed by atoms with Gasteiger partial charge in [-0.05, 0) is 48.9 Å². The van der Waals surface area contributed by atoms with Crippen LogP contribution in [0.15, 0.2) is 60.2 Å². The molecule has 2 heterocycles. The number of para-hydroxylation sites is 1. The van der Waals surface area contributed by atoms with E-state index in [1.807, 2.05) is 6.08 Å². The van der Waals surface area contributed by atoms with Gasteiger partial charge in [-0.1, -0.05) is 57.9 Å². The summed E-state index contributed by atoms with van der Waals surface area (Å²) in [6.45, 7) is 0.167. The molecule has 1 saturated carbocycles. The fourth-order valence-electron chi connectivity index (χ4n) is 7.02. The van der Waals surface area contributed by atoms with Crippen molar-refractivity contribution >= 4 is 62.8 Å². The van der Waals surface area contributed by atoms with Gasteiger partial charge in [0.1, 0.15) is 11.5 Å². The van der Waals surface area contributed by atoms with Crippen molar-refractivity contribution in [1.29, 1.82) is 0 Å². The van der Waals surface area contributed by atoms with Crippen LogP contribution < -0.4 is 0 Å². The van der Waals surface area contributed by atoms with Gasteiger partial charge in [0.25, 0.3) is 11.8 Å². The van der Waals surface area contributed by atoms with Gasteiger partial charge in [-0.25, -0.2) is 0 Å². The van der Waals surface area contributed by atoms with E-state index in [9.17, 15) is 29.4 Å². The van der Waals surface area contributed by atoms with Crippen LogP contribution in [0.2, 0.25) is 0 Å². The van der Waals surface area contributed by atoms with Crippen molar-refractivity contribution in [1.82, 2.24) is 9.80 Å². The van der Waals surface area contributed by atoms with E-state index in [1.54, 1.807) is 42.5 Å². The lowest BCUT2D eigenvalue weighted by atomic mass is 9.56. The van der Waals surface area contributed by atoms with Crippen molar-refractivity contribution < 1.29 is 29.4 Å². The van der Waals surface area contributed by atoms with Gasteiger partial charge < -0.3 is 10.2 Å². The standard InChI is InChI=1S/C29H25BrCl2N2O6/c30-14-34-26(39)28(31)13-20-17(23(29(28,32)27(34)40)18-3-1-2-4-21(18)36)9-10-19-22(20)25(38)33(24(19)37)12-11-15-5-7-16(35)8-6-15/h1-9,19-20,22-23,35-36H,10-14H2. The molecule has 4 aliphatic rings. The third kappa shape index (κ3) is 3.63. The number of nitrogens with zero attached hydrogens (tertiary/aromatic N) is 2. The summed E-state index contributed by atoms with van der Waals surface area (Å²) in [7, 11) is 0. The monoisotopic (exact) mass is 646 g/mol. The average Bonchev–Trinajstić information content (AvgIpc) is 3.26. The minimum absolute atomic E-state index is 0.103. The highest BCUT2D eigenvalue weighted by Gasteiger charge is 2.76. The number of hydrogen-bond acceptors (Lipinski definition) is 6. The highest BCUT2D eigenvalue weighted by atomic mass is 79.9. The molecule has 11 heteroatoms. The second kappa shape index (κ2) is 9.60. The van der Waals surface area contributed by atoms with Gasteiger partial charge in [-0.2, -0.15) is 0 Å². The number of likely N-dealkylation sites (tertiary alicyclic amines) is 2. The number of phenols is 2. The van der Waals surface area contributed by atoms with Crippen molar-refractivity contribution in [2.75, 3.05) is 12.0 Å². The van der Waals surface area contributed by atoms with Crippen LogP contribution in [0.3, 0.4) is 0 Å². The molecule has 208 valence electrons. The van der Waals surface area contributed by atoms with Gasteiger partial charge in [0, 0.05) is 18.0 Å². The Labute approximate surface area is 248 Å².